The van der Waals surface area contributed by atoms with Crippen molar-refractivity contribution in [1.29, 1.82) is 0 Å². The molecular weight excluding hydrogens is 250 g/mol. The second-order valence-corrected chi connectivity index (χ2v) is 4.03. The van der Waals surface area contributed by atoms with Crippen LogP contribution in [0.25, 0.3) is 0 Å². The van der Waals surface area contributed by atoms with Crippen LogP contribution >= 0.6 is 0 Å². The van der Waals surface area contributed by atoms with Gasteiger partial charge in [-0.25, -0.2) is 14.8 Å². The summed E-state index contributed by atoms with van der Waals surface area (Å²) >= 11 is 0. The Morgan fingerprint density at radius 2 is 2.11 bits per heavy atom. The van der Waals surface area contributed by atoms with E-state index in [1.165, 1.54) is 6.33 Å². The molecule has 2 amide bonds. The maximum Gasteiger partial charge on any atom is 0.320 e. The first-order valence-corrected chi connectivity index (χ1v) is 5.75. The summed E-state index contributed by atoms with van der Waals surface area (Å²) in [4.78, 5) is 31.5. The maximum absolute atomic E-state index is 11.5. The highest BCUT2D eigenvalue weighted by atomic mass is 16.4. The number of nitrogens with zero attached hydrogens (tertiary/aromatic N) is 3. The van der Waals surface area contributed by atoms with E-state index in [1.807, 2.05) is 14.1 Å². The fourth-order valence-corrected chi connectivity index (χ4v) is 1.26. The third-order valence-electron chi connectivity index (χ3n) is 2.21. The van der Waals surface area contributed by atoms with Gasteiger partial charge in [0.05, 0.1) is 0 Å². The molecule has 0 fully saturated rings. The summed E-state index contributed by atoms with van der Waals surface area (Å²) in [6.07, 6.45) is 1.77. The molecule has 1 rings (SSSR count). The van der Waals surface area contributed by atoms with E-state index in [1.54, 1.807) is 11.0 Å². The minimum Gasteiger partial charge on any atom is -0.481 e. The van der Waals surface area contributed by atoms with Gasteiger partial charge >= 0.3 is 12.0 Å². The van der Waals surface area contributed by atoms with Gasteiger partial charge in [0, 0.05) is 33.1 Å². The molecule has 0 aromatic carbocycles. The molecule has 0 saturated heterocycles. The number of rotatable bonds is 6. The smallest absolute Gasteiger partial charge is 0.320 e. The van der Waals surface area contributed by atoms with Gasteiger partial charge < -0.3 is 15.3 Å². The van der Waals surface area contributed by atoms with Crippen LogP contribution in [0, 0.1) is 0 Å². The van der Waals surface area contributed by atoms with E-state index in [2.05, 4.69) is 20.6 Å². The molecule has 1 aromatic rings. The zero-order valence-corrected chi connectivity index (χ0v) is 10.9. The van der Waals surface area contributed by atoms with Gasteiger partial charge in [-0.05, 0) is 6.42 Å². The molecule has 3 N–H and O–H groups in total. The Morgan fingerprint density at radius 1 is 1.37 bits per heavy atom. The minimum atomic E-state index is -0.881. The summed E-state index contributed by atoms with van der Waals surface area (Å²) in [6.45, 7) is 0.295. The summed E-state index contributed by atoms with van der Waals surface area (Å²) in [7, 11) is 3.66. The molecule has 1 aromatic heterocycles. The van der Waals surface area contributed by atoms with Gasteiger partial charge in [0.25, 0.3) is 0 Å². The van der Waals surface area contributed by atoms with Crippen LogP contribution in [-0.2, 0) is 4.79 Å². The Hall–Kier alpha value is -2.38. The van der Waals surface area contributed by atoms with Gasteiger partial charge in [-0.1, -0.05) is 0 Å². The Morgan fingerprint density at radius 3 is 2.74 bits per heavy atom. The number of aromatic nitrogens is 2. The summed E-state index contributed by atoms with van der Waals surface area (Å²) < 4.78 is 0. The zero-order valence-electron chi connectivity index (χ0n) is 10.9. The molecule has 0 atom stereocenters. The molecule has 8 nitrogen and oxygen atoms in total. The Labute approximate surface area is 110 Å². The Bertz CT molecular complexity index is 450. The molecule has 0 unspecified atom stereocenters. The molecule has 104 valence electrons. The number of nitrogens with one attached hydrogen (secondary N) is 2. The van der Waals surface area contributed by atoms with Gasteiger partial charge in [0.15, 0.2) is 0 Å². The first-order valence-electron chi connectivity index (χ1n) is 5.75. The predicted octanol–water partition coefficient (Wildman–Crippen LogP) is 0.529. The molecule has 19 heavy (non-hydrogen) atoms. The van der Waals surface area contributed by atoms with Crippen molar-refractivity contribution in [3.8, 4) is 0 Å². The van der Waals surface area contributed by atoms with Gasteiger partial charge in [-0.2, -0.15) is 0 Å². The highest BCUT2D eigenvalue weighted by Gasteiger charge is 2.05. The molecule has 0 radical (unpaired) electrons. The van der Waals surface area contributed by atoms with E-state index in [9.17, 15) is 9.59 Å². The zero-order chi connectivity index (χ0) is 14.3. The summed E-state index contributed by atoms with van der Waals surface area (Å²) in [5.41, 5.74) is 0. The van der Waals surface area contributed by atoms with Crippen molar-refractivity contribution in [3.63, 3.8) is 0 Å². The van der Waals surface area contributed by atoms with Gasteiger partial charge in [0.2, 0.25) is 0 Å². The van der Waals surface area contributed by atoms with E-state index in [0.29, 0.717) is 24.6 Å². The lowest BCUT2D eigenvalue weighted by Crippen LogP contribution is -2.30. The number of carboxylic acids is 1. The maximum atomic E-state index is 11.5. The van der Waals surface area contributed by atoms with Crippen LogP contribution in [0.3, 0.4) is 0 Å². The van der Waals surface area contributed by atoms with E-state index in [4.69, 9.17) is 5.11 Å². The van der Waals surface area contributed by atoms with Crippen LogP contribution in [0.4, 0.5) is 16.4 Å². The van der Waals surface area contributed by atoms with E-state index in [-0.39, 0.29) is 6.42 Å². The van der Waals surface area contributed by atoms with E-state index < -0.39 is 12.0 Å². The molecule has 0 aliphatic carbocycles. The van der Waals surface area contributed by atoms with Crippen LogP contribution < -0.4 is 15.5 Å². The van der Waals surface area contributed by atoms with Crippen molar-refractivity contribution in [2.75, 3.05) is 30.9 Å². The van der Waals surface area contributed by atoms with Crippen LogP contribution in [-0.4, -0.2) is 47.7 Å². The standard InChI is InChI=1S/C11H17N5O3/c1-16(2)9-6-8(13-7-14-9)15-11(19)12-5-3-4-10(17)18/h6-7H,3-5H2,1-2H3,(H,17,18)(H2,12,13,14,15,19). The van der Waals surface area contributed by atoms with Crippen molar-refractivity contribution in [2.45, 2.75) is 12.8 Å². The average molecular weight is 267 g/mol. The lowest BCUT2D eigenvalue weighted by molar-refractivity contribution is -0.137. The monoisotopic (exact) mass is 267 g/mol. The number of carboxylic acid groups (broad SMARTS) is 1. The van der Waals surface area contributed by atoms with Gasteiger partial charge in [-0.15, -0.1) is 0 Å². The first-order chi connectivity index (χ1) is 8.99. The number of aliphatic carboxylic acids is 1. The number of urea groups is 1. The molecule has 0 aliphatic rings. The van der Waals surface area contributed by atoms with Crippen molar-refractivity contribution in [3.05, 3.63) is 12.4 Å². The van der Waals surface area contributed by atoms with Crippen molar-refractivity contribution >= 4 is 23.6 Å². The van der Waals surface area contributed by atoms with Gasteiger partial charge in [-0.3, -0.25) is 10.1 Å². The van der Waals surface area contributed by atoms with Crippen molar-refractivity contribution in [2.24, 2.45) is 0 Å². The third kappa shape index (κ3) is 5.66. The average Bonchev–Trinajstić information content (AvgIpc) is 2.34. The Kier molecular flexibility index (Phi) is 5.52. The van der Waals surface area contributed by atoms with Crippen LogP contribution in [0.2, 0.25) is 0 Å². The summed E-state index contributed by atoms with van der Waals surface area (Å²) in [5, 5.41) is 13.5. The SMILES string of the molecule is CN(C)c1cc(NC(=O)NCCCC(=O)O)ncn1. The highest BCUT2D eigenvalue weighted by Crippen LogP contribution is 2.10. The van der Waals surface area contributed by atoms with Crippen LogP contribution in [0.5, 0.6) is 0 Å². The molecule has 0 saturated carbocycles. The minimum absolute atomic E-state index is 0.0264. The third-order valence-corrected chi connectivity index (χ3v) is 2.21. The summed E-state index contributed by atoms with van der Waals surface area (Å²) in [5.74, 6) is 0.180. The number of carbonyl (C=O) groups is 2. The topological polar surface area (TPSA) is 107 Å². The van der Waals surface area contributed by atoms with Crippen molar-refractivity contribution in [1.82, 2.24) is 15.3 Å². The van der Waals surface area contributed by atoms with Gasteiger partial charge in [0.1, 0.15) is 18.0 Å². The molecule has 0 aliphatic heterocycles. The Balaban J connectivity index is 2.39. The fraction of sp³-hybridized carbons (Fsp3) is 0.455. The second kappa shape index (κ2) is 7.14. The molecule has 1 heterocycles. The first kappa shape index (κ1) is 14.7. The molecular formula is C11H17N5O3. The van der Waals surface area contributed by atoms with Crippen molar-refractivity contribution < 1.29 is 14.7 Å². The molecule has 8 heteroatoms. The van der Waals surface area contributed by atoms with Crippen LogP contribution in [0.1, 0.15) is 12.8 Å². The number of amides is 2. The predicted molar refractivity (Wildman–Crippen MR) is 70.3 cm³/mol. The molecule has 0 bridgehead atoms. The summed E-state index contributed by atoms with van der Waals surface area (Å²) in [6, 6.07) is 1.21. The quantitative estimate of drug-likeness (QED) is 0.649. The normalized spacial score (nSPS) is 9.79. The van der Waals surface area contributed by atoms with E-state index >= 15 is 0 Å². The lowest BCUT2D eigenvalue weighted by Gasteiger charge is -2.12. The number of anilines is 2. The number of hydrogen-bond acceptors (Lipinski definition) is 5. The van der Waals surface area contributed by atoms with E-state index in [0.717, 1.165) is 0 Å². The number of carbonyl (C=O) groups excluding carboxylic acids is 1. The molecule has 0 spiro atoms. The highest BCUT2D eigenvalue weighted by molar-refractivity contribution is 5.88. The van der Waals surface area contributed by atoms with Crippen LogP contribution in [0.15, 0.2) is 12.4 Å². The fourth-order valence-electron chi connectivity index (χ4n) is 1.26. The number of hydrogen-bond donors (Lipinski definition) is 3. The lowest BCUT2D eigenvalue weighted by atomic mass is 10.3. The second-order valence-electron chi connectivity index (χ2n) is 4.03. The largest absolute Gasteiger partial charge is 0.481 e.